The summed E-state index contributed by atoms with van der Waals surface area (Å²) in [5.74, 6) is -1.95. The third-order valence-corrected chi connectivity index (χ3v) is 5.93. The number of piperidine rings is 1. The third kappa shape index (κ3) is 5.52. The summed E-state index contributed by atoms with van der Waals surface area (Å²) in [5.41, 5.74) is -0.0812. The van der Waals surface area contributed by atoms with Crippen LogP contribution in [0.25, 0.3) is 0 Å². The molecular weight excluding hydrogens is 338 g/mol. The summed E-state index contributed by atoms with van der Waals surface area (Å²) >= 11 is 0. The number of carbonyl (C=O) groups excluding carboxylic acids is 1. The lowest BCUT2D eigenvalue weighted by molar-refractivity contribution is -0.116. The second-order valence-electron chi connectivity index (χ2n) is 5.91. The van der Waals surface area contributed by atoms with E-state index in [1.807, 2.05) is 0 Å². The maximum atomic E-state index is 13.4. The monoisotopic (exact) mass is 360 g/mol. The molecule has 24 heavy (non-hydrogen) atoms. The van der Waals surface area contributed by atoms with Crippen molar-refractivity contribution in [2.75, 3.05) is 24.2 Å². The number of hydrogen-bond acceptors (Lipinski definition) is 3. The van der Waals surface area contributed by atoms with Crippen LogP contribution in [-0.4, -0.2) is 37.5 Å². The van der Waals surface area contributed by atoms with Gasteiger partial charge in [-0.3, -0.25) is 4.79 Å². The summed E-state index contributed by atoms with van der Waals surface area (Å²) in [5, 5.41) is 2.36. The molecule has 5 nitrogen and oxygen atoms in total. The van der Waals surface area contributed by atoms with Gasteiger partial charge in [0.2, 0.25) is 15.9 Å². The SMILES string of the molecule is O=C(CCCCS(=O)(=O)N1CCCCC1)Nc1ccc(F)cc1F. The summed E-state index contributed by atoms with van der Waals surface area (Å²) in [6.45, 7) is 1.15. The molecule has 1 aromatic rings. The van der Waals surface area contributed by atoms with Gasteiger partial charge in [-0.2, -0.15) is 0 Å². The van der Waals surface area contributed by atoms with Gasteiger partial charge in [0.1, 0.15) is 11.6 Å². The summed E-state index contributed by atoms with van der Waals surface area (Å²) in [4.78, 5) is 11.7. The molecule has 0 saturated carbocycles. The molecule has 1 saturated heterocycles. The van der Waals surface area contributed by atoms with Crippen LogP contribution < -0.4 is 5.32 Å². The van der Waals surface area contributed by atoms with E-state index in [0.29, 0.717) is 32.0 Å². The van der Waals surface area contributed by atoms with E-state index < -0.39 is 27.6 Å². The highest BCUT2D eigenvalue weighted by molar-refractivity contribution is 7.89. The molecular formula is C16H22F2N2O3S. The van der Waals surface area contributed by atoms with Gasteiger partial charge in [0.05, 0.1) is 11.4 Å². The van der Waals surface area contributed by atoms with Crippen LogP contribution in [0.5, 0.6) is 0 Å². The normalized spacial score (nSPS) is 16.1. The molecule has 8 heteroatoms. The van der Waals surface area contributed by atoms with Crippen molar-refractivity contribution in [1.82, 2.24) is 4.31 Å². The van der Waals surface area contributed by atoms with Gasteiger partial charge in [-0.05, 0) is 37.8 Å². The van der Waals surface area contributed by atoms with Crippen LogP contribution in [0.15, 0.2) is 18.2 Å². The van der Waals surface area contributed by atoms with Crippen LogP contribution in [0.3, 0.4) is 0 Å². The van der Waals surface area contributed by atoms with Crippen molar-refractivity contribution in [3.05, 3.63) is 29.8 Å². The van der Waals surface area contributed by atoms with Gasteiger partial charge in [-0.15, -0.1) is 0 Å². The topological polar surface area (TPSA) is 66.5 Å². The average Bonchev–Trinajstić information content (AvgIpc) is 2.55. The van der Waals surface area contributed by atoms with Crippen LogP contribution in [-0.2, 0) is 14.8 Å². The Morgan fingerprint density at radius 1 is 1.12 bits per heavy atom. The molecule has 0 aliphatic carbocycles. The van der Waals surface area contributed by atoms with Crippen molar-refractivity contribution in [3.63, 3.8) is 0 Å². The number of carbonyl (C=O) groups is 1. The fourth-order valence-electron chi connectivity index (χ4n) is 2.65. The quantitative estimate of drug-likeness (QED) is 0.761. The summed E-state index contributed by atoms with van der Waals surface area (Å²) in [6.07, 6.45) is 3.70. The van der Waals surface area contributed by atoms with Crippen molar-refractivity contribution in [3.8, 4) is 0 Å². The summed E-state index contributed by atoms with van der Waals surface area (Å²) in [7, 11) is -3.25. The van der Waals surface area contributed by atoms with E-state index in [2.05, 4.69) is 5.32 Å². The minimum absolute atomic E-state index is 0.0190. The molecule has 0 spiro atoms. The third-order valence-electron chi connectivity index (χ3n) is 3.97. The van der Waals surface area contributed by atoms with Crippen LogP contribution in [0.2, 0.25) is 0 Å². The molecule has 1 aliphatic heterocycles. The van der Waals surface area contributed by atoms with Crippen molar-refractivity contribution < 1.29 is 22.0 Å². The maximum absolute atomic E-state index is 13.4. The molecule has 0 bridgehead atoms. The van der Waals surface area contributed by atoms with Gasteiger partial charge in [-0.1, -0.05) is 6.42 Å². The number of rotatable bonds is 7. The molecule has 1 aliphatic rings. The van der Waals surface area contributed by atoms with E-state index in [1.54, 1.807) is 0 Å². The number of nitrogens with one attached hydrogen (secondary N) is 1. The lowest BCUT2D eigenvalue weighted by Gasteiger charge is -2.25. The van der Waals surface area contributed by atoms with E-state index >= 15 is 0 Å². The van der Waals surface area contributed by atoms with E-state index in [4.69, 9.17) is 0 Å². The number of anilines is 1. The van der Waals surface area contributed by atoms with Gasteiger partial charge in [0.25, 0.3) is 0 Å². The molecule has 2 rings (SSSR count). The zero-order valence-corrected chi connectivity index (χ0v) is 14.2. The van der Waals surface area contributed by atoms with Crippen molar-refractivity contribution >= 4 is 21.6 Å². The predicted octanol–water partition coefficient (Wildman–Crippen LogP) is 2.89. The number of unbranched alkanes of at least 4 members (excludes halogenated alkanes) is 1. The summed E-state index contributed by atoms with van der Waals surface area (Å²) < 4.78 is 52.0. The Kier molecular flexibility index (Phi) is 6.68. The smallest absolute Gasteiger partial charge is 0.224 e. The first-order chi connectivity index (χ1) is 11.4. The fraction of sp³-hybridized carbons (Fsp3) is 0.562. The Bertz CT molecular complexity index is 674. The largest absolute Gasteiger partial charge is 0.324 e. The first-order valence-corrected chi connectivity index (χ1v) is 9.72. The Balaban J connectivity index is 1.72. The van der Waals surface area contributed by atoms with E-state index in [9.17, 15) is 22.0 Å². The summed E-state index contributed by atoms with van der Waals surface area (Å²) in [6, 6.07) is 2.91. The molecule has 0 atom stereocenters. The zero-order valence-electron chi connectivity index (χ0n) is 13.4. The molecule has 1 aromatic carbocycles. The van der Waals surface area contributed by atoms with Crippen LogP contribution in [0.4, 0.5) is 14.5 Å². The molecule has 134 valence electrons. The molecule has 1 fully saturated rings. The van der Waals surface area contributed by atoms with E-state index in [1.165, 1.54) is 4.31 Å². The number of benzene rings is 1. The van der Waals surface area contributed by atoms with Crippen molar-refractivity contribution in [1.29, 1.82) is 0 Å². The Morgan fingerprint density at radius 2 is 1.83 bits per heavy atom. The minimum atomic E-state index is -3.25. The lowest BCUT2D eigenvalue weighted by Crippen LogP contribution is -2.37. The minimum Gasteiger partial charge on any atom is -0.324 e. The highest BCUT2D eigenvalue weighted by atomic mass is 32.2. The second-order valence-corrected chi connectivity index (χ2v) is 7.99. The average molecular weight is 360 g/mol. The number of nitrogens with zero attached hydrogens (tertiary/aromatic N) is 1. The Hall–Kier alpha value is -1.54. The van der Waals surface area contributed by atoms with Crippen molar-refractivity contribution in [2.45, 2.75) is 38.5 Å². The molecule has 1 N–H and O–H groups in total. The van der Waals surface area contributed by atoms with Gasteiger partial charge in [0.15, 0.2) is 0 Å². The fourth-order valence-corrected chi connectivity index (χ4v) is 4.29. The molecule has 0 radical (unpaired) electrons. The van der Waals surface area contributed by atoms with E-state index in [-0.39, 0.29) is 17.9 Å². The Labute approximate surface area is 141 Å². The molecule has 0 unspecified atom stereocenters. The predicted molar refractivity (Wildman–Crippen MR) is 88.0 cm³/mol. The lowest BCUT2D eigenvalue weighted by atomic mass is 10.2. The second kappa shape index (κ2) is 8.53. The number of amides is 1. The van der Waals surface area contributed by atoms with Crippen LogP contribution in [0, 0.1) is 11.6 Å². The standard InChI is InChI=1S/C16H22F2N2O3S/c17-13-7-8-15(14(18)12-13)19-16(21)6-2-5-11-24(22,23)20-9-3-1-4-10-20/h7-8,12H,1-6,9-11H2,(H,19,21). The maximum Gasteiger partial charge on any atom is 0.224 e. The highest BCUT2D eigenvalue weighted by Crippen LogP contribution is 2.17. The number of hydrogen-bond donors (Lipinski definition) is 1. The first-order valence-electron chi connectivity index (χ1n) is 8.11. The number of sulfonamides is 1. The highest BCUT2D eigenvalue weighted by Gasteiger charge is 2.23. The molecule has 1 heterocycles. The zero-order chi connectivity index (χ0) is 17.6. The van der Waals surface area contributed by atoms with Gasteiger partial charge in [0, 0.05) is 25.6 Å². The van der Waals surface area contributed by atoms with Gasteiger partial charge < -0.3 is 5.32 Å². The number of halogens is 2. The van der Waals surface area contributed by atoms with Crippen molar-refractivity contribution in [2.24, 2.45) is 0 Å². The molecule has 0 aromatic heterocycles. The molecule has 1 amide bonds. The van der Waals surface area contributed by atoms with Crippen LogP contribution in [0.1, 0.15) is 38.5 Å². The van der Waals surface area contributed by atoms with Crippen LogP contribution >= 0.6 is 0 Å². The Morgan fingerprint density at radius 3 is 2.50 bits per heavy atom. The first kappa shape index (κ1) is 18.8. The van der Waals surface area contributed by atoms with Gasteiger partial charge in [-0.25, -0.2) is 21.5 Å². The van der Waals surface area contributed by atoms with Gasteiger partial charge >= 0.3 is 0 Å². The van der Waals surface area contributed by atoms with E-state index in [0.717, 1.165) is 31.4 Å².